The third-order valence-corrected chi connectivity index (χ3v) is 6.02. The smallest absolute Gasteiger partial charge is 0.229 e. The Hall–Kier alpha value is -4.03. The Kier molecular flexibility index (Phi) is 7.76. The number of amides is 1. The molecule has 0 spiro atoms. The number of rotatable bonds is 8. The summed E-state index contributed by atoms with van der Waals surface area (Å²) in [5.41, 5.74) is 2.58. The minimum atomic E-state index is -0.852. The molecule has 2 aromatic carbocycles. The van der Waals surface area contributed by atoms with Crippen LogP contribution in [0.4, 0.5) is 11.5 Å². The number of benzene rings is 2. The summed E-state index contributed by atoms with van der Waals surface area (Å²) >= 11 is 0. The number of nitrogens with zero attached hydrogens (tertiary/aromatic N) is 2. The van der Waals surface area contributed by atoms with Crippen molar-refractivity contribution in [1.82, 2.24) is 9.97 Å². The van der Waals surface area contributed by atoms with E-state index in [4.69, 9.17) is 0 Å². The van der Waals surface area contributed by atoms with Gasteiger partial charge in [0.15, 0.2) is 0 Å². The zero-order valence-corrected chi connectivity index (χ0v) is 20.8. The topological polar surface area (TPSA) is 87.1 Å². The average molecular weight is 481 g/mol. The fourth-order valence-electron chi connectivity index (χ4n) is 4.06. The van der Waals surface area contributed by atoms with Crippen LogP contribution in [0.5, 0.6) is 0 Å². The highest BCUT2D eigenvalue weighted by Crippen LogP contribution is 2.42. The Labute approximate surface area is 212 Å². The fraction of sp³-hybridized carbons (Fsp3) is 0.233. The molecule has 0 aliphatic carbocycles. The summed E-state index contributed by atoms with van der Waals surface area (Å²) < 4.78 is 0. The molecule has 36 heavy (non-hydrogen) atoms. The van der Waals surface area contributed by atoms with Gasteiger partial charge in [-0.1, -0.05) is 75.4 Å². The standard InChI is InChI=1S/C30H32N4O2/c1-30(2,3)29(36)33-23-15-11-14-22(20-23)27(34-25-17-8-10-19-32-25)26(24-16-7-9-18-31-24)28(35)21-12-5-4-6-13-21/h4-20,26-28,35H,1-3H3,(H,32,34)(H,33,36). The number of aliphatic hydroxyl groups is 1. The van der Waals surface area contributed by atoms with Crippen LogP contribution in [0.3, 0.4) is 0 Å². The lowest BCUT2D eigenvalue weighted by molar-refractivity contribution is -0.123. The molecule has 2 heterocycles. The van der Waals surface area contributed by atoms with Gasteiger partial charge in [-0.25, -0.2) is 4.98 Å². The van der Waals surface area contributed by atoms with Crippen molar-refractivity contribution in [2.45, 2.75) is 38.8 Å². The summed E-state index contributed by atoms with van der Waals surface area (Å²) in [4.78, 5) is 21.8. The van der Waals surface area contributed by atoms with E-state index in [1.165, 1.54) is 0 Å². The van der Waals surface area contributed by atoms with Gasteiger partial charge in [0.25, 0.3) is 0 Å². The van der Waals surface area contributed by atoms with Gasteiger partial charge in [-0.05, 0) is 47.5 Å². The van der Waals surface area contributed by atoms with Crippen molar-refractivity contribution in [3.63, 3.8) is 0 Å². The third kappa shape index (κ3) is 6.15. The molecule has 3 unspecified atom stereocenters. The molecule has 0 aliphatic rings. The number of anilines is 2. The number of carbonyl (C=O) groups excluding carboxylic acids is 1. The SMILES string of the molecule is CC(C)(C)C(=O)Nc1cccc(C(Nc2ccccn2)C(c2ccccn2)C(O)c2ccccc2)c1. The predicted molar refractivity (Wildman–Crippen MR) is 144 cm³/mol. The van der Waals surface area contributed by atoms with E-state index in [1.54, 1.807) is 12.4 Å². The lowest BCUT2D eigenvalue weighted by Crippen LogP contribution is -2.28. The van der Waals surface area contributed by atoms with Gasteiger partial charge >= 0.3 is 0 Å². The van der Waals surface area contributed by atoms with Crippen molar-refractivity contribution in [3.8, 4) is 0 Å². The fourth-order valence-corrected chi connectivity index (χ4v) is 4.06. The van der Waals surface area contributed by atoms with Crippen LogP contribution in [0.25, 0.3) is 0 Å². The molecule has 4 aromatic rings. The maximum absolute atomic E-state index is 12.7. The zero-order chi connectivity index (χ0) is 25.5. The van der Waals surface area contributed by atoms with Gasteiger partial charge in [-0.3, -0.25) is 9.78 Å². The number of aliphatic hydroxyl groups excluding tert-OH is 1. The molecular formula is C30H32N4O2. The van der Waals surface area contributed by atoms with E-state index in [1.807, 2.05) is 112 Å². The predicted octanol–water partition coefficient (Wildman–Crippen LogP) is 6.13. The lowest BCUT2D eigenvalue weighted by Gasteiger charge is -2.32. The molecule has 3 N–H and O–H groups in total. The first kappa shape index (κ1) is 25.1. The summed E-state index contributed by atoms with van der Waals surface area (Å²) in [5.74, 6) is 0.150. The van der Waals surface area contributed by atoms with E-state index >= 15 is 0 Å². The van der Waals surface area contributed by atoms with Crippen LogP contribution >= 0.6 is 0 Å². The van der Waals surface area contributed by atoms with Gasteiger partial charge in [0, 0.05) is 29.2 Å². The van der Waals surface area contributed by atoms with Crippen LogP contribution in [0, 0.1) is 5.41 Å². The number of hydrogen-bond acceptors (Lipinski definition) is 5. The molecule has 0 fully saturated rings. The Morgan fingerprint density at radius 3 is 2.11 bits per heavy atom. The summed E-state index contributed by atoms with van der Waals surface area (Å²) in [6.45, 7) is 5.64. The molecule has 0 saturated carbocycles. The number of aromatic nitrogens is 2. The Balaban J connectivity index is 1.81. The van der Waals surface area contributed by atoms with Crippen molar-refractivity contribution in [3.05, 3.63) is 120 Å². The molecular weight excluding hydrogens is 448 g/mol. The van der Waals surface area contributed by atoms with E-state index in [0.29, 0.717) is 11.5 Å². The van der Waals surface area contributed by atoms with Crippen molar-refractivity contribution < 1.29 is 9.90 Å². The van der Waals surface area contributed by atoms with Crippen LogP contribution in [0.15, 0.2) is 103 Å². The maximum Gasteiger partial charge on any atom is 0.229 e. The van der Waals surface area contributed by atoms with E-state index in [9.17, 15) is 9.90 Å². The Morgan fingerprint density at radius 1 is 0.806 bits per heavy atom. The summed E-state index contributed by atoms with van der Waals surface area (Å²) in [6.07, 6.45) is 2.61. The number of hydrogen-bond donors (Lipinski definition) is 3. The maximum atomic E-state index is 12.7. The monoisotopic (exact) mass is 480 g/mol. The quantitative estimate of drug-likeness (QED) is 0.282. The summed E-state index contributed by atoms with van der Waals surface area (Å²) in [7, 11) is 0. The van der Waals surface area contributed by atoms with E-state index in [0.717, 1.165) is 16.8 Å². The minimum Gasteiger partial charge on any atom is -0.388 e. The second-order valence-corrected chi connectivity index (χ2v) is 9.80. The van der Waals surface area contributed by atoms with Gasteiger partial charge in [0.05, 0.1) is 18.1 Å². The Morgan fingerprint density at radius 2 is 1.47 bits per heavy atom. The second kappa shape index (κ2) is 11.1. The highest BCUT2D eigenvalue weighted by molar-refractivity contribution is 5.94. The van der Waals surface area contributed by atoms with Crippen LogP contribution in [-0.2, 0) is 4.79 Å². The first-order chi connectivity index (χ1) is 17.3. The van der Waals surface area contributed by atoms with Gasteiger partial charge in [-0.15, -0.1) is 0 Å². The average Bonchev–Trinajstić information content (AvgIpc) is 2.89. The van der Waals surface area contributed by atoms with Crippen molar-refractivity contribution in [2.24, 2.45) is 5.41 Å². The molecule has 0 aliphatic heterocycles. The molecule has 6 heteroatoms. The van der Waals surface area contributed by atoms with Crippen LogP contribution in [0.2, 0.25) is 0 Å². The second-order valence-electron chi connectivity index (χ2n) is 9.80. The molecule has 0 saturated heterocycles. The molecule has 0 radical (unpaired) electrons. The third-order valence-electron chi connectivity index (χ3n) is 6.02. The largest absolute Gasteiger partial charge is 0.388 e. The highest BCUT2D eigenvalue weighted by Gasteiger charge is 2.34. The first-order valence-corrected chi connectivity index (χ1v) is 12.1. The molecule has 6 nitrogen and oxygen atoms in total. The van der Waals surface area contributed by atoms with Crippen molar-refractivity contribution >= 4 is 17.4 Å². The molecule has 184 valence electrons. The molecule has 0 bridgehead atoms. The molecule has 1 amide bonds. The van der Waals surface area contributed by atoms with Crippen LogP contribution < -0.4 is 10.6 Å². The van der Waals surface area contributed by atoms with Gasteiger partial charge in [0.1, 0.15) is 5.82 Å². The van der Waals surface area contributed by atoms with Crippen LogP contribution in [0.1, 0.15) is 55.7 Å². The normalized spacial score (nSPS) is 13.9. The molecule has 3 atom stereocenters. The van der Waals surface area contributed by atoms with Crippen LogP contribution in [-0.4, -0.2) is 21.0 Å². The van der Waals surface area contributed by atoms with E-state index in [2.05, 4.69) is 20.6 Å². The minimum absolute atomic E-state index is 0.0699. The number of carbonyl (C=O) groups is 1. The van der Waals surface area contributed by atoms with Gasteiger partial charge in [0.2, 0.25) is 5.91 Å². The summed E-state index contributed by atoms with van der Waals surface area (Å²) in [6, 6.07) is 28.3. The van der Waals surface area contributed by atoms with Crippen molar-refractivity contribution in [1.29, 1.82) is 0 Å². The summed E-state index contributed by atoms with van der Waals surface area (Å²) in [5, 5.41) is 18.2. The zero-order valence-electron chi connectivity index (χ0n) is 20.8. The molecule has 2 aromatic heterocycles. The number of nitrogens with one attached hydrogen (secondary N) is 2. The molecule has 4 rings (SSSR count). The van der Waals surface area contributed by atoms with Gasteiger partial charge in [-0.2, -0.15) is 0 Å². The van der Waals surface area contributed by atoms with E-state index < -0.39 is 23.5 Å². The lowest BCUT2D eigenvalue weighted by atomic mass is 9.82. The van der Waals surface area contributed by atoms with Gasteiger partial charge < -0.3 is 15.7 Å². The highest BCUT2D eigenvalue weighted by atomic mass is 16.3. The van der Waals surface area contributed by atoms with Crippen molar-refractivity contribution in [2.75, 3.05) is 10.6 Å². The Bertz CT molecular complexity index is 1260. The number of pyridine rings is 2. The first-order valence-electron chi connectivity index (χ1n) is 12.1. The van der Waals surface area contributed by atoms with E-state index in [-0.39, 0.29) is 5.91 Å².